The molecule has 1 rings (SSSR count). The quantitative estimate of drug-likeness (QED) is 0.839. The van der Waals surface area contributed by atoms with Crippen LogP contribution in [0.3, 0.4) is 0 Å². The Labute approximate surface area is 107 Å². The molecule has 1 N–H and O–H groups in total. The van der Waals surface area contributed by atoms with Crippen molar-refractivity contribution in [2.24, 2.45) is 0 Å². The number of nitrogens with one attached hydrogen (secondary N) is 1. The van der Waals surface area contributed by atoms with E-state index in [0.29, 0.717) is 11.3 Å². The molecule has 0 aromatic heterocycles. The van der Waals surface area contributed by atoms with Crippen molar-refractivity contribution in [1.29, 1.82) is 0 Å². The number of rotatable bonds is 4. The van der Waals surface area contributed by atoms with Gasteiger partial charge < -0.3 is 5.32 Å². The second kappa shape index (κ2) is 5.32. The third-order valence-corrected chi connectivity index (χ3v) is 4.36. The Balaban J connectivity index is 3.15. The average molecular weight is 268 g/mol. The third-order valence-electron chi connectivity index (χ3n) is 2.39. The van der Waals surface area contributed by atoms with Crippen molar-refractivity contribution in [2.75, 3.05) is 19.4 Å². The summed E-state index contributed by atoms with van der Waals surface area (Å²) < 4.78 is 25.1. The standard InChI is InChI=1S/C12H16N2O3S/c1-5-12(15)13-10-6-7-11(9(2)8-10)18(16,17)14(3)4/h5-8H,1H2,2-4H3,(H,13,15). The smallest absolute Gasteiger partial charge is 0.247 e. The number of nitrogens with zero attached hydrogens (tertiary/aromatic N) is 1. The van der Waals surface area contributed by atoms with E-state index in [4.69, 9.17) is 0 Å². The molecule has 0 bridgehead atoms. The lowest BCUT2D eigenvalue weighted by Gasteiger charge is -2.14. The van der Waals surface area contributed by atoms with E-state index in [-0.39, 0.29) is 10.8 Å². The van der Waals surface area contributed by atoms with Crippen LogP contribution in [0.15, 0.2) is 35.7 Å². The van der Waals surface area contributed by atoms with E-state index in [9.17, 15) is 13.2 Å². The maximum absolute atomic E-state index is 12.0. The van der Waals surface area contributed by atoms with E-state index in [2.05, 4.69) is 11.9 Å². The van der Waals surface area contributed by atoms with Crippen molar-refractivity contribution in [3.63, 3.8) is 0 Å². The maximum atomic E-state index is 12.0. The molecule has 6 heteroatoms. The molecule has 1 amide bonds. The lowest BCUT2D eigenvalue weighted by molar-refractivity contribution is -0.111. The monoisotopic (exact) mass is 268 g/mol. The van der Waals surface area contributed by atoms with E-state index in [0.717, 1.165) is 10.4 Å². The number of carbonyl (C=O) groups excluding carboxylic acids is 1. The number of aryl methyl sites for hydroxylation is 1. The first-order chi connectivity index (χ1) is 8.28. The van der Waals surface area contributed by atoms with Crippen LogP contribution in [0.1, 0.15) is 5.56 Å². The minimum Gasteiger partial charge on any atom is -0.323 e. The van der Waals surface area contributed by atoms with Crippen molar-refractivity contribution < 1.29 is 13.2 Å². The maximum Gasteiger partial charge on any atom is 0.247 e. The summed E-state index contributed by atoms with van der Waals surface area (Å²) in [7, 11) is -0.509. The fraction of sp³-hybridized carbons (Fsp3) is 0.250. The van der Waals surface area contributed by atoms with Crippen molar-refractivity contribution in [3.8, 4) is 0 Å². The van der Waals surface area contributed by atoms with Gasteiger partial charge in [-0.1, -0.05) is 6.58 Å². The van der Waals surface area contributed by atoms with Gasteiger partial charge in [0.1, 0.15) is 0 Å². The van der Waals surface area contributed by atoms with Crippen molar-refractivity contribution >= 4 is 21.6 Å². The highest BCUT2D eigenvalue weighted by atomic mass is 32.2. The van der Waals surface area contributed by atoms with Crippen molar-refractivity contribution in [3.05, 3.63) is 36.4 Å². The van der Waals surface area contributed by atoms with Crippen LogP contribution in [0.5, 0.6) is 0 Å². The van der Waals surface area contributed by atoms with Gasteiger partial charge in [0.25, 0.3) is 0 Å². The topological polar surface area (TPSA) is 66.5 Å². The molecule has 98 valence electrons. The van der Waals surface area contributed by atoms with Gasteiger partial charge in [0.2, 0.25) is 15.9 Å². The fourth-order valence-electron chi connectivity index (χ4n) is 1.41. The van der Waals surface area contributed by atoms with Crippen molar-refractivity contribution in [1.82, 2.24) is 4.31 Å². The molecule has 0 aliphatic heterocycles. The van der Waals surface area contributed by atoms with Gasteiger partial charge >= 0.3 is 0 Å². The molecule has 0 saturated carbocycles. The van der Waals surface area contributed by atoms with Gasteiger partial charge in [-0.15, -0.1) is 0 Å². The SMILES string of the molecule is C=CC(=O)Nc1ccc(S(=O)(=O)N(C)C)c(C)c1. The number of benzene rings is 1. The Hall–Kier alpha value is -1.66. The van der Waals surface area contributed by atoms with E-state index in [1.165, 1.54) is 20.2 Å². The van der Waals surface area contributed by atoms with Crippen LogP contribution < -0.4 is 5.32 Å². The first-order valence-electron chi connectivity index (χ1n) is 5.25. The Morgan fingerprint density at radius 3 is 2.44 bits per heavy atom. The van der Waals surface area contributed by atoms with Crippen molar-refractivity contribution in [2.45, 2.75) is 11.8 Å². The van der Waals surface area contributed by atoms with Gasteiger partial charge in [-0.2, -0.15) is 0 Å². The Kier molecular flexibility index (Phi) is 4.26. The van der Waals surface area contributed by atoms with Gasteiger partial charge in [-0.25, -0.2) is 12.7 Å². The lowest BCUT2D eigenvalue weighted by atomic mass is 10.2. The molecule has 5 nitrogen and oxygen atoms in total. The number of anilines is 1. The predicted molar refractivity (Wildman–Crippen MR) is 70.9 cm³/mol. The molecule has 0 saturated heterocycles. The highest BCUT2D eigenvalue weighted by molar-refractivity contribution is 7.89. The molecular formula is C12H16N2O3S. The van der Waals surface area contributed by atoms with Crippen LogP contribution in [0, 0.1) is 6.92 Å². The molecule has 0 atom stereocenters. The molecule has 0 fully saturated rings. The second-order valence-electron chi connectivity index (χ2n) is 3.96. The van der Waals surface area contributed by atoms with Crippen LogP contribution in [0.25, 0.3) is 0 Å². The Morgan fingerprint density at radius 2 is 2.00 bits per heavy atom. The van der Waals surface area contributed by atoms with Crippen LogP contribution in [-0.2, 0) is 14.8 Å². The summed E-state index contributed by atoms with van der Waals surface area (Å²) in [4.78, 5) is 11.4. The first-order valence-corrected chi connectivity index (χ1v) is 6.69. The normalized spacial score (nSPS) is 11.3. The summed E-state index contributed by atoms with van der Waals surface area (Å²) >= 11 is 0. The van der Waals surface area contributed by atoms with Gasteiger partial charge in [-0.05, 0) is 36.8 Å². The molecular weight excluding hydrogens is 252 g/mol. The van der Waals surface area contributed by atoms with Gasteiger partial charge in [0.05, 0.1) is 4.90 Å². The number of sulfonamides is 1. The van der Waals surface area contributed by atoms with E-state index in [1.54, 1.807) is 19.1 Å². The lowest BCUT2D eigenvalue weighted by Crippen LogP contribution is -2.23. The number of hydrogen-bond donors (Lipinski definition) is 1. The minimum absolute atomic E-state index is 0.226. The zero-order chi connectivity index (χ0) is 13.9. The molecule has 1 aromatic carbocycles. The molecule has 1 aromatic rings. The van der Waals surface area contributed by atoms with Crippen LogP contribution in [0.2, 0.25) is 0 Å². The zero-order valence-electron chi connectivity index (χ0n) is 10.6. The Bertz CT molecular complexity index is 577. The third kappa shape index (κ3) is 2.96. The zero-order valence-corrected chi connectivity index (χ0v) is 11.4. The summed E-state index contributed by atoms with van der Waals surface area (Å²) in [5.74, 6) is -0.336. The number of amides is 1. The highest BCUT2D eigenvalue weighted by Crippen LogP contribution is 2.21. The van der Waals surface area contributed by atoms with E-state index >= 15 is 0 Å². The summed E-state index contributed by atoms with van der Waals surface area (Å²) in [6.07, 6.45) is 1.15. The molecule has 0 aliphatic carbocycles. The van der Waals surface area contributed by atoms with Crippen LogP contribution >= 0.6 is 0 Å². The van der Waals surface area contributed by atoms with Gasteiger partial charge in [0.15, 0.2) is 0 Å². The molecule has 0 heterocycles. The number of hydrogen-bond acceptors (Lipinski definition) is 3. The summed E-state index contributed by atoms with van der Waals surface area (Å²) in [5.41, 5.74) is 1.11. The summed E-state index contributed by atoms with van der Waals surface area (Å²) in [6, 6.07) is 4.63. The van der Waals surface area contributed by atoms with Gasteiger partial charge in [0, 0.05) is 19.8 Å². The van der Waals surface area contributed by atoms with Crippen LogP contribution in [0.4, 0.5) is 5.69 Å². The largest absolute Gasteiger partial charge is 0.323 e. The Morgan fingerprint density at radius 1 is 1.39 bits per heavy atom. The second-order valence-corrected chi connectivity index (χ2v) is 6.08. The molecule has 0 spiro atoms. The number of carbonyl (C=O) groups is 1. The van der Waals surface area contributed by atoms with Crippen LogP contribution in [-0.4, -0.2) is 32.7 Å². The summed E-state index contributed by atoms with van der Waals surface area (Å²) in [5, 5.41) is 2.57. The molecule has 0 aliphatic rings. The minimum atomic E-state index is -3.46. The molecule has 0 radical (unpaired) electrons. The molecule has 18 heavy (non-hydrogen) atoms. The summed E-state index contributed by atoms with van der Waals surface area (Å²) in [6.45, 7) is 5.03. The predicted octanol–water partition coefficient (Wildman–Crippen LogP) is 1.37. The van der Waals surface area contributed by atoms with E-state index in [1.807, 2.05) is 0 Å². The molecule has 0 unspecified atom stereocenters. The van der Waals surface area contributed by atoms with Gasteiger partial charge in [-0.3, -0.25) is 4.79 Å². The highest BCUT2D eigenvalue weighted by Gasteiger charge is 2.19. The first kappa shape index (κ1) is 14.4. The van der Waals surface area contributed by atoms with E-state index < -0.39 is 10.0 Å². The average Bonchev–Trinajstić information content (AvgIpc) is 2.28. The fourth-order valence-corrected chi connectivity index (χ4v) is 2.51.